The van der Waals surface area contributed by atoms with Gasteiger partial charge >= 0.3 is 6.03 Å². The standard InChI is InChI=1S/C10H18N2O2/c1-4-5-6-10(7(2)3)8(13)11-9(14)12-10/h7H,4-6H2,1-3H3,(H2,11,12,13,14). The van der Waals surface area contributed by atoms with Crippen molar-refractivity contribution >= 4 is 11.9 Å². The molecule has 0 radical (unpaired) electrons. The van der Waals surface area contributed by atoms with E-state index < -0.39 is 5.54 Å². The number of amides is 3. The highest BCUT2D eigenvalue weighted by Crippen LogP contribution is 2.26. The molecule has 1 aliphatic rings. The van der Waals surface area contributed by atoms with Crippen molar-refractivity contribution in [2.45, 2.75) is 45.6 Å². The number of imide groups is 1. The van der Waals surface area contributed by atoms with Crippen LogP contribution < -0.4 is 10.6 Å². The van der Waals surface area contributed by atoms with Gasteiger partial charge in [0.15, 0.2) is 0 Å². The van der Waals surface area contributed by atoms with E-state index in [4.69, 9.17) is 0 Å². The molecule has 1 atom stereocenters. The summed E-state index contributed by atoms with van der Waals surface area (Å²) in [6.07, 6.45) is 2.70. The predicted molar refractivity (Wildman–Crippen MR) is 53.8 cm³/mol. The van der Waals surface area contributed by atoms with Crippen molar-refractivity contribution in [1.82, 2.24) is 10.6 Å². The Morgan fingerprint density at radius 2 is 2.00 bits per heavy atom. The van der Waals surface area contributed by atoms with Gasteiger partial charge in [0.2, 0.25) is 0 Å². The fourth-order valence-corrected chi connectivity index (χ4v) is 1.83. The Morgan fingerprint density at radius 3 is 2.36 bits per heavy atom. The number of unbranched alkanes of at least 4 members (excludes halogenated alkanes) is 1. The van der Waals surface area contributed by atoms with Gasteiger partial charge in [0.1, 0.15) is 5.54 Å². The summed E-state index contributed by atoms with van der Waals surface area (Å²) >= 11 is 0. The van der Waals surface area contributed by atoms with Crippen LogP contribution in [0.15, 0.2) is 0 Å². The van der Waals surface area contributed by atoms with E-state index >= 15 is 0 Å². The lowest BCUT2D eigenvalue weighted by atomic mass is 9.82. The van der Waals surface area contributed by atoms with Crippen LogP contribution in [0, 0.1) is 5.92 Å². The molecular formula is C10H18N2O2. The number of hydrogen-bond acceptors (Lipinski definition) is 2. The maximum Gasteiger partial charge on any atom is 0.322 e. The minimum Gasteiger partial charge on any atom is -0.323 e. The van der Waals surface area contributed by atoms with E-state index in [9.17, 15) is 9.59 Å². The Balaban J connectivity index is 2.81. The second kappa shape index (κ2) is 3.98. The summed E-state index contributed by atoms with van der Waals surface area (Å²) in [4.78, 5) is 22.8. The topological polar surface area (TPSA) is 58.2 Å². The summed E-state index contributed by atoms with van der Waals surface area (Å²) in [5, 5.41) is 5.06. The van der Waals surface area contributed by atoms with Crippen LogP contribution in [0.25, 0.3) is 0 Å². The zero-order valence-electron chi connectivity index (χ0n) is 9.02. The van der Waals surface area contributed by atoms with E-state index in [1.54, 1.807) is 0 Å². The number of hydrogen-bond donors (Lipinski definition) is 2. The average Bonchev–Trinajstić information content (AvgIpc) is 2.39. The molecule has 0 aliphatic carbocycles. The van der Waals surface area contributed by atoms with Gasteiger partial charge in [-0.05, 0) is 12.3 Å². The van der Waals surface area contributed by atoms with Gasteiger partial charge in [0.05, 0.1) is 0 Å². The molecule has 0 saturated carbocycles. The van der Waals surface area contributed by atoms with Crippen LogP contribution in [0.4, 0.5) is 4.79 Å². The van der Waals surface area contributed by atoms with E-state index in [1.165, 1.54) is 0 Å². The van der Waals surface area contributed by atoms with Crippen molar-refractivity contribution in [3.05, 3.63) is 0 Å². The zero-order valence-corrected chi connectivity index (χ0v) is 9.02. The fourth-order valence-electron chi connectivity index (χ4n) is 1.83. The second-order valence-corrected chi connectivity index (χ2v) is 4.14. The van der Waals surface area contributed by atoms with Crippen LogP contribution in [0.3, 0.4) is 0 Å². The van der Waals surface area contributed by atoms with Gasteiger partial charge in [-0.15, -0.1) is 0 Å². The molecule has 0 aromatic rings. The molecule has 1 heterocycles. The van der Waals surface area contributed by atoms with Crippen molar-refractivity contribution in [2.75, 3.05) is 0 Å². The maximum absolute atomic E-state index is 11.7. The fraction of sp³-hybridized carbons (Fsp3) is 0.800. The lowest BCUT2D eigenvalue weighted by molar-refractivity contribution is -0.125. The van der Waals surface area contributed by atoms with Gasteiger partial charge in [-0.3, -0.25) is 10.1 Å². The summed E-state index contributed by atoms with van der Waals surface area (Å²) in [5.74, 6) is -0.0496. The third-order valence-electron chi connectivity index (χ3n) is 2.88. The van der Waals surface area contributed by atoms with E-state index in [0.717, 1.165) is 19.3 Å². The zero-order chi connectivity index (χ0) is 10.8. The first-order valence-electron chi connectivity index (χ1n) is 5.16. The number of nitrogens with one attached hydrogen (secondary N) is 2. The molecule has 1 aliphatic heterocycles. The van der Waals surface area contributed by atoms with Crippen molar-refractivity contribution in [3.8, 4) is 0 Å². The quantitative estimate of drug-likeness (QED) is 0.671. The maximum atomic E-state index is 11.7. The summed E-state index contributed by atoms with van der Waals surface area (Å²) in [6, 6.07) is -0.361. The van der Waals surface area contributed by atoms with Crippen molar-refractivity contribution < 1.29 is 9.59 Å². The van der Waals surface area contributed by atoms with Gasteiger partial charge in [-0.1, -0.05) is 33.6 Å². The minimum absolute atomic E-state index is 0.125. The first-order chi connectivity index (χ1) is 6.53. The third-order valence-corrected chi connectivity index (χ3v) is 2.88. The van der Waals surface area contributed by atoms with Crippen molar-refractivity contribution in [3.63, 3.8) is 0 Å². The minimum atomic E-state index is -0.674. The molecule has 1 rings (SSSR count). The molecule has 0 aromatic carbocycles. The Morgan fingerprint density at radius 1 is 1.36 bits per heavy atom. The van der Waals surface area contributed by atoms with Crippen LogP contribution in [-0.4, -0.2) is 17.5 Å². The van der Waals surface area contributed by atoms with Crippen molar-refractivity contribution in [1.29, 1.82) is 0 Å². The third kappa shape index (κ3) is 1.74. The van der Waals surface area contributed by atoms with Crippen LogP contribution in [0.2, 0.25) is 0 Å². The monoisotopic (exact) mass is 198 g/mol. The van der Waals surface area contributed by atoms with Gasteiger partial charge < -0.3 is 5.32 Å². The first-order valence-corrected chi connectivity index (χ1v) is 5.16. The van der Waals surface area contributed by atoms with E-state index in [2.05, 4.69) is 17.6 Å². The number of carbonyl (C=O) groups is 2. The van der Waals surface area contributed by atoms with Gasteiger partial charge in [-0.2, -0.15) is 0 Å². The molecule has 4 nitrogen and oxygen atoms in total. The Kier molecular flexibility index (Phi) is 3.13. The lowest BCUT2D eigenvalue weighted by Crippen LogP contribution is -2.51. The van der Waals surface area contributed by atoms with Crippen molar-refractivity contribution in [2.24, 2.45) is 5.92 Å². The molecular weight excluding hydrogens is 180 g/mol. The molecule has 1 unspecified atom stereocenters. The van der Waals surface area contributed by atoms with Crippen LogP contribution >= 0.6 is 0 Å². The normalized spacial score (nSPS) is 26.6. The summed E-state index contributed by atoms with van der Waals surface area (Å²) in [6.45, 7) is 5.99. The summed E-state index contributed by atoms with van der Waals surface area (Å²) in [7, 11) is 0. The first kappa shape index (κ1) is 11.0. The molecule has 80 valence electrons. The Labute approximate surface area is 84.4 Å². The van der Waals surface area contributed by atoms with E-state index in [1.807, 2.05) is 13.8 Å². The lowest BCUT2D eigenvalue weighted by Gasteiger charge is -2.29. The highest BCUT2D eigenvalue weighted by Gasteiger charge is 2.47. The predicted octanol–water partition coefficient (Wildman–Crippen LogP) is 1.41. The molecule has 1 fully saturated rings. The molecule has 14 heavy (non-hydrogen) atoms. The number of rotatable bonds is 4. The smallest absolute Gasteiger partial charge is 0.322 e. The van der Waals surface area contributed by atoms with E-state index in [0.29, 0.717) is 0 Å². The van der Waals surface area contributed by atoms with Gasteiger partial charge in [0, 0.05) is 0 Å². The summed E-state index contributed by atoms with van der Waals surface area (Å²) in [5.41, 5.74) is -0.674. The Bertz CT molecular complexity index is 251. The SMILES string of the molecule is CCCCC1(C(C)C)NC(=O)NC1=O. The van der Waals surface area contributed by atoms with E-state index in [-0.39, 0.29) is 17.9 Å². The highest BCUT2D eigenvalue weighted by atomic mass is 16.2. The second-order valence-electron chi connectivity index (χ2n) is 4.14. The summed E-state index contributed by atoms with van der Waals surface area (Å²) < 4.78 is 0. The highest BCUT2D eigenvalue weighted by molar-refractivity contribution is 6.07. The molecule has 3 amide bonds. The molecule has 0 aromatic heterocycles. The number of carbonyl (C=O) groups excluding carboxylic acids is 2. The molecule has 0 spiro atoms. The molecule has 2 N–H and O–H groups in total. The largest absolute Gasteiger partial charge is 0.323 e. The van der Waals surface area contributed by atoms with Crippen LogP contribution in [0.1, 0.15) is 40.0 Å². The van der Waals surface area contributed by atoms with Crippen LogP contribution in [-0.2, 0) is 4.79 Å². The van der Waals surface area contributed by atoms with Crippen LogP contribution in [0.5, 0.6) is 0 Å². The number of urea groups is 1. The van der Waals surface area contributed by atoms with Gasteiger partial charge in [0.25, 0.3) is 5.91 Å². The molecule has 4 heteroatoms. The molecule has 0 bridgehead atoms. The molecule has 1 saturated heterocycles. The van der Waals surface area contributed by atoms with Gasteiger partial charge in [-0.25, -0.2) is 4.79 Å². The Hall–Kier alpha value is -1.06. The average molecular weight is 198 g/mol.